The van der Waals surface area contributed by atoms with Crippen LogP contribution in [0.1, 0.15) is 12.8 Å². The van der Waals surface area contributed by atoms with Gasteiger partial charge in [-0.2, -0.15) is 0 Å². The molecule has 0 aromatic carbocycles. The Hall–Kier alpha value is 0.514. The van der Waals surface area contributed by atoms with Crippen molar-refractivity contribution >= 4 is 24.8 Å². The minimum atomic E-state index is 0. The van der Waals surface area contributed by atoms with Crippen LogP contribution in [0.3, 0.4) is 0 Å². The van der Waals surface area contributed by atoms with Gasteiger partial charge < -0.3 is 0 Å². The van der Waals surface area contributed by atoms with Crippen molar-refractivity contribution in [3.05, 3.63) is 32.1 Å². The quantitative estimate of drug-likeness (QED) is 0.633. The minimum absolute atomic E-state index is 0. The second kappa shape index (κ2) is 5.21. The molecule has 2 rings (SSSR count). The van der Waals surface area contributed by atoms with Crippen molar-refractivity contribution in [3.8, 4) is 0 Å². The predicted molar refractivity (Wildman–Crippen MR) is 49.0 cm³/mol. The van der Waals surface area contributed by atoms with E-state index >= 15 is 0 Å². The first-order chi connectivity index (χ1) is 4.45. The second-order valence-electron chi connectivity index (χ2n) is 2.38. The van der Waals surface area contributed by atoms with Crippen LogP contribution in [-0.4, -0.2) is 0 Å². The zero-order valence-corrected chi connectivity index (χ0v) is 9.23. The van der Waals surface area contributed by atoms with E-state index in [1.807, 2.05) is 0 Å². The molecule has 0 atom stereocenters. The number of hydrogen-bond donors (Lipinski definition) is 0. The summed E-state index contributed by atoms with van der Waals surface area (Å²) in [4.78, 5) is 0. The Kier molecular flexibility index (Phi) is 5.45. The van der Waals surface area contributed by atoms with Gasteiger partial charge in [0.1, 0.15) is 0 Å². The van der Waals surface area contributed by atoms with Crippen LogP contribution in [0.4, 0.5) is 0 Å². The third kappa shape index (κ3) is 3.62. The summed E-state index contributed by atoms with van der Waals surface area (Å²) in [5.41, 5.74) is 0. The van der Waals surface area contributed by atoms with E-state index in [4.69, 9.17) is 0 Å². The molecule has 2 aliphatic rings. The summed E-state index contributed by atoms with van der Waals surface area (Å²) in [7, 11) is 0. The van der Waals surface area contributed by atoms with Gasteiger partial charge in [-0.25, -0.2) is 0 Å². The first-order valence-corrected chi connectivity index (χ1v) is 4.83. The topological polar surface area (TPSA) is 0 Å². The van der Waals surface area contributed by atoms with E-state index in [0.717, 1.165) is 0 Å². The smallest absolute Gasteiger partial charge is 0.147 e. The zero-order valence-electron chi connectivity index (χ0n) is 6.04. The zero-order chi connectivity index (χ0) is 6.10. The largest absolute Gasteiger partial charge is 0.147 e. The molecule has 60 valence electrons. The van der Waals surface area contributed by atoms with E-state index < -0.39 is 0 Å². The van der Waals surface area contributed by atoms with Crippen LogP contribution in [0.25, 0.3) is 0 Å². The van der Waals surface area contributed by atoms with Gasteiger partial charge in [-0.1, -0.05) is 0 Å². The Bertz CT molecular complexity index is 216. The normalized spacial score (nSPS) is 17.5. The van der Waals surface area contributed by atoms with E-state index in [1.165, 1.54) is 12.8 Å². The number of hydrogen-bond acceptors (Lipinski definition) is 0. The Morgan fingerprint density at radius 2 is 1.82 bits per heavy atom. The summed E-state index contributed by atoms with van der Waals surface area (Å²) < 4.78 is 3.46. The van der Waals surface area contributed by atoms with Gasteiger partial charge in [0, 0.05) is 0 Å². The second-order valence-corrected chi connectivity index (χ2v) is 4.78. The average molecular weight is 225 g/mol. The molecule has 0 unspecified atom stereocenters. The molecule has 0 aromatic rings. The van der Waals surface area contributed by atoms with Crippen LogP contribution in [0.5, 0.6) is 0 Å². The van der Waals surface area contributed by atoms with Crippen LogP contribution in [0, 0.1) is 0 Å². The molecule has 0 aliphatic heterocycles. The summed E-state index contributed by atoms with van der Waals surface area (Å²) in [6, 6.07) is 0. The molecule has 11 heavy (non-hydrogen) atoms. The van der Waals surface area contributed by atoms with Crippen molar-refractivity contribution in [3.63, 3.8) is 0 Å². The van der Waals surface area contributed by atoms with Crippen molar-refractivity contribution in [2.75, 3.05) is 0 Å². The molecule has 0 saturated heterocycles. The molecule has 0 aromatic heterocycles. The molecule has 3 heteroatoms. The summed E-state index contributed by atoms with van der Waals surface area (Å²) in [6.07, 6.45) is 11.7. The molecule has 0 nitrogen and oxygen atoms in total. The molecular weight excluding hydrogens is 215 g/mol. The van der Waals surface area contributed by atoms with Crippen molar-refractivity contribution in [2.24, 2.45) is 0 Å². The maximum Gasteiger partial charge on any atom is -0.147 e. The van der Waals surface area contributed by atoms with E-state index in [9.17, 15) is 0 Å². The van der Waals surface area contributed by atoms with Gasteiger partial charge >= 0.3 is 64.1 Å². The number of halogens is 2. The Morgan fingerprint density at radius 3 is 2.27 bits per heavy atom. The Labute approximate surface area is 88.6 Å². The summed E-state index contributed by atoms with van der Waals surface area (Å²) >= 11 is 0.208. The van der Waals surface area contributed by atoms with Crippen LogP contribution >= 0.6 is 24.8 Å². The molecule has 0 bridgehead atoms. The summed E-state index contributed by atoms with van der Waals surface area (Å²) in [5.74, 6) is 0. The number of allylic oxidation sites excluding steroid dienone is 6. The fourth-order valence-electron chi connectivity index (χ4n) is 0.899. The third-order valence-corrected chi connectivity index (χ3v) is 3.72. The van der Waals surface area contributed by atoms with E-state index in [0.29, 0.717) is 0 Å². The van der Waals surface area contributed by atoms with Crippen LogP contribution < -0.4 is 0 Å². The van der Waals surface area contributed by atoms with Crippen molar-refractivity contribution in [1.82, 2.24) is 0 Å². The van der Waals surface area contributed by atoms with Crippen LogP contribution in [0.2, 0.25) is 0 Å². The molecular formula is C8H10Cl2Ti. The Balaban J connectivity index is 0.000000500. The molecule has 2 aliphatic carbocycles. The fourth-order valence-corrected chi connectivity index (χ4v) is 2.65. The number of rotatable bonds is 2. The molecule has 0 radical (unpaired) electrons. The predicted octanol–water partition coefficient (Wildman–Crippen LogP) is 3.04. The molecule has 0 fully saturated rings. The van der Waals surface area contributed by atoms with Gasteiger partial charge in [0.25, 0.3) is 0 Å². The fraction of sp³-hybridized carbons (Fsp3) is 0.250. The third-order valence-electron chi connectivity index (χ3n) is 1.50. The van der Waals surface area contributed by atoms with E-state index in [-0.39, 0.29) is 44.0 Å². The minimum Gasteiger partial charge on any atom is -0.147 e. The SMILES string of the molecule is C1=CC[C]([Ti][C]2=CC2)=C1.Cl.Cl. The monoisotopic (exact) mass is 224 g/mol. The van der Waals surface area contributed by atoms with E-state index in [1.54, 1.807) is 7.76 Å². The standard InChI is InChI=1S/C5H5.C3H3.2ClH.Ti/c1-2-4-5-3-1;1-2-3-1;;;/h1-3H,4H2;1H,2H2;2*1H;. The Morgan fingerprint density at radius 1 is 1.09 bits per heavy atom. The van der Waals surface area contributed by atoms with E-state index in [2.05, 4.69) is 24.3 Å². The molecule has 0 N–H and O–H groups in total. The van der Waals surface area contributed by atoms with Gasteiger partial charge in [-0.15, -0.1) is 24.8 Å². The van der Waals surface area contributed by atoms with Gasteiger partial charge in [-0.3, -0.25) is 0 Å². The molecule has 0 heterocycles. The molecule has 0 saturated carbocycles. The molecule has 0 amide bonds. The first-order valence-electron chi connectivity index (χ1n) is 3.27. The van der Waals surface area contributed by atoms with Crippen LogP contribution in [0.15, 0.2) is 32.1 Å². The van der Waals surface area contributed by atoms with Crippen LogP contribution in [-0.2, 0) is 19.2 Å². The van der Waals surface area contributed by atoms with Crippen molar-refractivity contribution in [1.29, 1.82) is 0 Å². The summed E-state index contributed by atoms with van der Waals surface area (Å²) in [5, 5.41) is 0. The molecule has 0 spiro atoms. The van der Waals surface area contributed by atoms with Gasteiger partial charge in [0.2, 0.25) is 0 Å². The maximum atomic E-state index is 2.36. The van der Waals surface area contributed by atoms with Crippen molar-refractivity contribution < 1.29 is 19.2 Å². The van der Waals surface area contributed by atoms with Crippen molar-refractivity contribution in [2.45, 2.75) is 12.8 Å². The van der Waals surface area contributed by atoms with Gasteiger partial charge in [0.15, 0.2) is 0 Å². The van der Waals surface area contributed by atoms with Gasteiger partial charge in [0.05, 0.1) is 0 Å². The summed E-state index contributed by atoms with van der Waals surface area (Å²) in [6.45, 7) is 0. The average Bonchev–Trinajstić information content (AvgIpc) is 2.46. The first kappa shape index (κ1) is 11.5. The van der Waals surface area contributed by atoms with Gasteiger partial charge in [-0.05, 0) is 0 Å². The maximum absolute atomic E-state index is 2.36.